The van der Waals surface area contributed by atoms with Crippen molar-refractivity contribution in [2.75, 3.05) is 54.9 Å². The molecule has 0 aliphatic carbocycles. The van der Waals surface area contributed by atoms with Crippen LogP contribution >= 0.6 is 0 Å². The Morgan fingerprint density at radius 2 is 1.89 bits per heavy atom. The molecule has 0 radical (unpaired) electrons. The van der Waals surface area contributed by atoms with Crippen LogP contribution in [0.2, 0.25) is 0 Å². The minimum atomic E-state index is -0.220. The number of aromatic nitrogens is 2. The minimum Gasteiger partial charge on any atom is -0.358 e. The molecule has 2 aliphatic rings. The molecular formula is C29H44N8O. The lowest BCUT2D eigenvalue weighted by Crippen LogP contribution is -2.61. The fourth-order valence-electron chi connectivity index (χ4n) is 5.05. The molecule has 1 amide bonds. The summed E-state index contributed by atoms with van der Waals surface area (Å²) in [7, 11) is 1.68. The largest absolute Gasteiger partial charge is 0.358 e. The van der Waals surface area contributed by atoms with Crippen molar-refractivity contribution in [1.29, 1.82) is 0 Å². The maximum Gasteiger partial charge on any atom is 0.233 e. The van der Waals surface area contributed by atoms with Gasteiger partial charge in [-0.3, -0.25) is 9.69 Å². The van der Waals surface area contributed by atoms with Crippen LogP contribution < -0.4 is 20.4 Å². The number of hydrogen-bond donors (Lipinski definition) is 2. The van der Waals surface area contributed by atoms with E-state index in [0.717, 1.165) is 35.8 Å². The third-order valence-electron chi connectivity index (χ3n) is 7.58. The second-order valence-electron chi connectivity index (χ2n) is 12.3. The second kappa shape index (κ2) is 10.5. The van der Waals surface area contributed by atoms with Crippen molar-refractivity contribution >= 4 is 41.1 Å². The van der Waals surface area contributed by atoms with Gasteiger partial charge in [0.25, 0.3) is 0 Å². The molecule has 0 unspecified atom stereocenters. The summed E-state index contributed by atoms with van der Waals surface area (Å²) in [6.45, 7) is 20.8. The van der Waals surface area contributed by atoms with Crippen LogP contribution in [0.3, 0.4) is 0 Å². The summed E-state index contributed by atoms with van der Waals surface area (Å²) in [6.07, 6.45) is 1.93. The maximum atomic E-state index is 12.1. The molecular weight excluding hydrogens is 476 g/mol. The van der Waals surface area contributed by atoms with Crippen molar-refractivity contribution in [2.24, 2.45) is 4.99 Å². The lowest BCUT2D eigenvalue weighted by Gasteiger charge is -2.47. The Hall–Kier alpha value is -3.20. The Morgan fingerprint density at radius 1 is 1.16 bits per heavy atom. The predicted molar refractivity (Wildman–Crippen MR) is 158 cm³/mol. The average Bonchev–Trinajstić information content (AvgIpc) is 2.84. The van der Waals surface area contributed by atoms with E-state index in [1.165, 1.54) is 5.56 Å². The van der Waals surface area contributed by atoms with Crippen molar-refractivity contribution in [2.45, 2.75) is 72.4 Å². The van der Waals surface area contributed by atoms with Gasteiger partial charge in [0, 0.05) is 50.2 Å². The van der Waals surface area contributed by atoms with Crippen molar-refractivity contribution in [3.63, 3.8) is 0 Å². The standard InChI is InChI=1S/C29H44N8O/c1-19(2)37-13-12-31-25-24(37)26(32-22-16-21(28(4,5)6)11-10-20(22)3)34-27(33-25)35-14-15-36(17-23(38)30-9)29(7,8)18-35/h10-12,16,19H,13-15,17-18H2,1-9H3,(H,30,38)(H,32,33,34). The fraction of sp³-hybridized carbons (Fsp3) is 0.586. The lowest BCUT2D eigenvalue weighted by molar-refractivity contribution is -0.123. The molecule has 2 aromatic rings. The number of piperazine rings is 1. The minimum absolute atomic E-state index is 0.0269. The third kappa shape index (κ3) is 5.77. The summed E-state index contributed by atoms with van der Waals surface area (Å²) in [5.74, 6) is 2.15. The average molecular weight is 521 g/mol. The number of aryl methyl sites for hydroxylation is 1. The number of fused-ring (bicyclic) bond motifs is 1. The number of benzene rings is 1. The van der Waals surface area contributed by atoms with Crippen LogP contribution in [0.25, 0.3) is 0 Å². The SMILES string of the molecule is CNC(=O)CN1CCN(c2nc3c(c(Nc4cc(C(C)(C)C)ccc4C)n2)N(C(C)C)CC=N3)CC1(C)C. The van der Waals surface area contributed by atoms with E-state index in [2.05, 4.69) is 98.9 Å². The molecule has 9 nitrogen and oxygen atoms in total. The van der Waals surface area contributed by atoms with Gasteiger partial charge in [0.1, 0.15) is 5.69 Å². The van der Waals surface area contributed by atoms with E-state index in [-0.39, 0.29) is 22.9 Å². The third-order valence-corrected chi connectivity index (χ3v) is 7.58. The number of hydrogen-bond acceptors (Lipinski definition) is 8. The van der Waals surface area contributed by atoms with Gasteiger partial charge in [-0.15, -0.1) is 0 Å². The topological polar surface area (TPSA) is 89.0 Å². The van der Waals surface area contributed by atoms with Gasteiger partial charge in [-0.25, -0.2) is 4.99 Å². The molecule has 0 bridgehead atoms. The number of aliphatic imine (C=N–C) groups is 1. The van der Waals surface area contributed by atoms with E-state index >= 15 is 0 Å². The number of nitrogens with one attached hydrogen (secondary N) is 2. The molecule has 1 saturated heterocycles. The Bertz CT molecular complexity index is 1210. The first-order valence-electron chi connectivity index (χ1n) is 13.6. The van der Waals surface area contributed by atoms with Crippen LogP contribution in [0, 0.1) is 6.92 Å². The number of rotatable bonds is 6. The monoisotopic (exact) mass is 520 g/mol. The molecule has 3 heterocycles. The zero-order chi connectivity index (χ0) is 27.8. The molecule has 0 spiro atoms. The highest BCUT2D eigenvalue weighted by atomic mass is 16.1. The van der Waals surface area contributed by atoms with Gasteiger partial charge in [0.15, 0.2) is 11.6 Å². The van der Waals surface area contributed by atoms with Gasteiger partial charge in [-0.05, 0) is 57.2 Å². The van der Waals surface area contributed by atoms with Crippen molar-refractivity contribution in [3.8, 4) is 0 Å². The molecule has 1 fully saturated rings. The summed E-state index contributed by atoms with van der Waals surface area (Å²) >= 11 is 0. The highest BCUT2D eigenvalue weighted by Gasteiger charge is 2.36. The number of likely N-dealkylation sites (N-methyl/N-ethyl adjacent to an activating group) is 1. The summed E-state index contributed by atoms with van der Waals surface area (Å²) in [6, 6.07) is 6.87. The van der Waals surface area contributed by atoms with Crippen molar-refractivity contribution < 1.29 is 4.79 Å². The summed E-state index contributed by atoms with van der Waals surface area (Å²) in [5, 5.41) is 6.42. The first-order valence-corrected chi connectivity index (χ1v) is 13.6. The van der Waals surface area contributed by atoms with Gasteiger partial charge in [-0.1, -0.05) is 32.9 Å². The van der Waals surface area contributed by atoms with Crippen LogP contribution in [0.5, 0.6) is 0 Å². The quantitative estimate of drug-likeness (QED) is 0.583. The molecule has 0 saturated carbocycles. The lowest BCUT2D eigenvalue weighted by atomic mass is 9.86. The first kappa shape index (κ1) is 27.8. The van der Waals surface area contributed by atoms with E-state index in [0.29, 0.717) is 31.4 Å². The number of anilines is 4. The van der Waals surface area contributed by atoms with E-state index in [4.69, 9.17) is 15.0 Å². The Morgan fingerprint density at radius 3 is 2.53 bits per heavy atom. The molecule has 206 valence electrons. The van der Waals surface area contributed by atoms with E-state index in [9.17, 15) is 4.79 Å². The Kier molecular flexibility index (Phi) is 7.70. The van der Waals surface area contributed by atoms with E-state index < -0.39 is 0 Å². The second-order valence-corrected chi connectivity index (χ2v) is 12.3. The normalized spacial score (nSPS) is 17.5. The molecule has 1 aromatic heterocycles. The van der Waals surface area contributed by atoms with Crippen LogP contribution in [0.1, 0.15) is 59.6 Å². The molecule has 2 aliphatic heterocycles. The molecule has 38 heavy (non-hydrogen) atoms. The fourth-order valence-corrected chi connectivity index (χ4v) is 5.05. The van der Waals surface area contributed by atoms with Gasteiger partial charge >= 0.3 is 0 Å². The van der Waals surface area contributed by atoms with Crippen molar-refractivity contribution in [1.82, 2.24) is 20.2 Å². The summed E-state index contributed by atoms with van der Waals surface area (Å²) in [4.78, 5) is 33.6. The number of nitrogens with zero attached hydrogens (tertiary/aromatic N) is 6. The maximum absolute atomic E-state index is 12.1. The van der Waals surface area contributed by atoms with Crippen LogP contribution in [0.15, 0.2) is 23.2 Å². The van der Waals surface area contributed by atoms with E-state index in [1.807, 2.05) is 6.21 Å². The Labute approximate surface area is 227 Å². The van der Waals surface area contributed by atoms with Gasteiger partial charge in [0.05, 0.1) is 13.1 Å². The highest BCUT2D eigenvalue weighted by molar-refractivity contribution is 5.89. The summed E-state index contributed by atoms with van der Waals surface area (Å²) < 4.78 is 0. The zero-order valence-corrected chi connectivity index (χ0v) is 24.5. The number of amides is 1. The molecule has 9 heteroatoms. The molecule has 4 rings (SSSR count). The highest BCUT2D eigenvalue weighted by Crippen LogP contribution is 2.41. The van der Waals surface area contributed by atoms with E-state index in [1.54, 1.807) is 7.05 Å². The van der Waals surface area contributed by atoms with Crippen molar-refractivity contribution in [3.05, 3.63) is 29.3 Å². The Balaban J connectivity index is 1.74. The van der Waals surface area contributed by atoms with Gasteiger partial charge in [-0.2, -0.15) is 9.97 Å². The first-order chi connectivity index (χ1) is 17.8. The number of carbonyl (C=O) groups is 1. The number of carbonyl (C=O) groups excluding carboxylic acids is 1. The molecule has 0 atom stereocenters. The van der Waals surface area contributed by atoms with Gasteiger partial charge in [0.2, 0.25) is 11.9 Å². The smallest absolute Gasteiger partial charge is 0.233 e. The van der Waals surface area contributed by atoms with Crippen LogP contribution in [0.4, 0.5) is 29.0 Å². The van der Waals surface area contributed by atoms with Crippen LogP contribution in [-0.4, -0.2) is 78.3 Å². The van der Waals surface area contributed by atoms with Crippen LogP contribution in [-0.2, 0) is 10.2 Å². The van der Waals surface area contributed by atoms with Gasteiger partial charge < -0.3 is 20.4 Å². The zero-order valence-electron chi connectivity index (χ0n) is 24.5. The molecule has 1 aromatic carbocycles. The molecule has 2 N–H and O–H groups in total. The summed E-state index contributed by atoms with van der Waals surface area (Å²) in [5.41, 5.74) is 4.21. The predicted octanol–water partition coefficient (Wildman–Crippen LogP) is 4.40.